The van der Waals surface area contributed by atoms with Crippen LogP contribution in [0.5, 0.6) is 5.75 Å². The van der Waals surface area contributed by atoms with E-state index in [0.717, 1.165) is 23.3 Å². The van der Waals surface area contributed by atoms with Crippen molar-refractivity contribution in [2.75, 3.05) is 6.61 Å². The molecule has 1 aliphatic heterocycles. The van der Waals surface area contributed by atoms with Crippen LogP contribution in [0.2, 0.25) is 0 Å². The molecular formula is C17H18FNO. The predicted octanol–water partition coefficient (Wildman–Crippen LogP) is 3.29. The van der Waals surface area contributed by atoms with E-state index in [4.69, 9.17) is 10.5 Å². The fraction of sp³-hybridized carbons (Fsp3) is 0.294. The monoisotopic (exact) mass is 271 g/mol. The van der Waals surface area contributed by atoms with Crippen LogP contribution in [0.4, 0.5) is 4.39 Å². The molecule has 1 unspecified atom stereocenters. The van der Waals surface area contributed by atoms with Crippen molar-refractivity contribution >= 4 is 0 Å². The lowest BCUT2D eigenvalue weighted by molar-refractivity contribution is 0.347. The molecule has 2 aromatic carbocycles. The summed E-state index contributed by atoms with van der Waals surface area (Å²) in [4.78, 5) is 0. The Morgan fingerprint density at radius 3 is 2.80 bits per heavy atom. The van der Waals surface area contributed by atoms with Gasteiger partial charge < -0.3 is 10.5 Å². The van der Waals surface area contributed by atoms with Gasteiger partial charge in [0.15, 0.2) is 0 Å². The molecule has 0 fully saturated rings. The maximum Gasteiger partial charge on any atom is 0.128 e. The first kappa shape index (κ1) is 13.1. The maximum absolute atomic E-state index is 13.8. The van der Waals surface area contributed by atoms with Crippen LogP contribution >= 0.6 is 0 Å². The van der Waals surface area contributed by atoms with Gasteiger partial charge in [0, 0.05) is 12.0 Å². The van der Waals surface area contributed by atoms with E-state index in [0.29, 0.717) is 12.2 Å². The van der Waals surface area contributed by atoms with Gasteiger partial charge in [-0.05, 0) is 36.6 Å². The molecule has 0 saturated carbocycles. The summed E-state index contributed by atoms with van der Waals surface area (Å²) in [6, 6.07) is 11.2. The topological polar surface area (TPSA) is 35.2 Å². The molecule has 2 aromatic rings. The number of rotatable bonds is 2. The normalized spacial score (nSPS) is 16.4. The van der Waals surface area contributed by atoms with Gasteiger partial charge in [-0.25, -0.2) is 4.39 Å². The van der Waals surface area contributed by atoms with Crippen molar-refractivity contribution in [1.82, 2.24) is 0 Å². The third-order valence-corrected chi connectivity index (χ3v) is 4.05. The smallest absolute Gasteiger partial charge is 0.128 e. The van der Waals surface area contributed by atoms with Gasteiger partial charge in [0.25, 0.3) is 0 Å². The largest absolute Gasteiger partial charge is 0.493 e. The third kappa shape index (κ3) is 1.98. The van der Waals surface area contributed by atoms with E-state index in [1.165, 1.54) is 11.6 Å². The van der Waals surface area contributed by atoms with Gasteiger partial charge in [-0.15, -0.1) is 0 Å². The summed E-state index contributed by atoms with van der Waals surface area (Å²) in [6.07, 6.45) is 0.904. The SMILES string of the molecule is Cc1ccc(C(C)(N)c2cccc3c2OCC3)cc1F. The number of benzene rings is 2. The van der Waals surface area contributed by atoms with E-state index < -0.39 is 5.54 Å². The Kier molecular flexibility index (Phi) is 3.02. The van der Waals surface area contributed by atoms with E-state index in [-0.39, 0.29) is 5.82 Å². The van der Waals surface area contributed by atoms with E-state index >= 15 is 0 Å². The number of nitrogens with two attached hydrogens (primary N) is 1. The molecule has 0 radical (unpaired) electrons. The Morgan fingerprint density at radius 2 is 2.05 bits per heavy atom. The van der Waals surface area contributed by atoms with Crippen LogP contribution < -0.4 is 10.5 Å². The van der Waals surface area contributed by atoms with Crippen LogP contribution in [0.25, 0.3) is 0 Å². The van der Waals surface area contributed by atoms with Gasteiger partial charge in [-0.1, -0.05) is 30.3 Å². The van der Waals surface area contributed by atoms with Crippen molar-refractivity contribution < 1.29 is 9.13 Å². The molecule has 1 atom stereocenters. The summed E-state index contributed by atoms with van der Waals surface area (Å²) in [5, 5.41) is 0. The second-order valence-corrected chi connectivity index (χ2v) is 5.56. The van der Waals surface area contributed by atoms with Crippen molar-refractivity contribution in [2.45, 2.75) is 25.8 Å². The molecule has 0 saturated heterocycles. The van der Waals surface area contributed by atoms with E-state index in [9.17, 15) is 4.39 Å². The number of hydrogen-bond donors (Lipinski definition) is 1. The molecule has 104 valence electrons. The zero-order chi connectivity index (χ0) is 14.3. The first-order chi connectivity index (χ1) is 9.50. The quantitative estimate of drug-likeness (QED) is 0.909. The van der Waals surface area contributed by atoms with Crippen molar-refractivity contribution in [2.24, 2.45) is 5.73 Å². The minimum absolute atomic E-state index is 0.229. The lowest BCUT2D eigenvalue weighted by Crippen LogP contribution is -2.34. The van der Waals surface area contributed by atoms with E-state index in [1.54, 1.807) is 13.0 Å². The van der Waals surface area contributed by atoms with Crippen molar-refractivity contribution in [3.8, 4) is 5.75 Å². The zero-order valence-corrected chi connectivity index (χ0v) is 11.7. The molecule has 2 nitrogen and oxygen atoms in total. The van der Waals surface area contributed by atoms with E-state index in [2.05, 4.69) is 6.07 Å². The third-order valence-electron chi connectivity index (χ3n) is 4.05. The highest BCUT2D eigenvalue weighted by Crippen LogP contribution is 2.38. The van der Waals surface area contributed by atoms with Gasteiger partial charge >= 0.3 is 0 Å². The zero-order valence-electron chi connectivity index (χ0n) is 11.7. The Labute approximate surface area is 118 Å². The first-order valence-corrected chi connectivity index (χ1v) is 6.81. The molecule has 20 heavy (non-hydrogen) atoms. The summed E-state index contributed by atoms with van der Waals surface area (Å²) in [7, 11) is 0. The summed E-state index contributed by atoms with van der Waals surface area (Å²) in [5.74, 6) is 0.631. The molecule has 1 aliphatic rings. The molecular weight excluding hydrogens is 253 g/mol. The lowest BCUT2D eigenvalue weighted by atomic mass is 9.84. The second-order valence-electron chi connectivity index (χ2n) is 5.56. The summed E-state index contributed by atoms with van der Waals surface area (Å²) < 4.78 is 19.5. The molecule has 2 N–H and O–H groups in total. The minimum atomic E-state index is -0.774. The predicted molar refractivity (Wildman–Crippen MR) is 77.4 cm³/mol. The summed E-state index contributed by atoms with van der Waals surface area (Å²) in [5.41, 5.74) is 9.20. The highest BCUT2D eigenvalue weighted by Gasteiger charge is 2.30. The van der Waals surface area contributed by atoms with Crippen LogP contribution in [-0.2, 0) is 12.0 Å². The Hall–Kier alpha value is -1.87. The van der Waals surface area contributed by atoms with E-state index in [1.807, 2.05) is 25.1 Å². The molecule has 1 heterocycles. The van der Waals surface area contributed by atoms with Crippen LogP contribution in [0, 0.1) is 12.7 Å². The van der Waals surface area contributed by atoms with Gasteiger partial charge in [-0.3, -0.25) is 0 Å². The van der Waals surface area contributed by atoms with Gasteiger partial charge in [-0.2, -0.15) is 0 Å². The van der Waals surface area contributed by atoms with Crippen LogP contribution in [-0.4, -0.2) is 6.61 Å². The van der Waals surface area contributed by atoms with Crippen LogP contribution in [0.1, 0.15) is 29.2 Å². The number of ether oxygens (including phenoxy) is 1. The summed E-state index contributed by atoms with van der Waals surface area (Å²) in [6.45, 7) is 4.33. The maximum atomic E-state index is 13.8. The molecule has 0 spiro atoms. The first-order valence-electron chi connectivity index (χ1n) is 6.81. The number of hydrogen-bond acceptors (Lipinski definition) is 2. The average Bonchev–Trinajstić information content (AvgIpc) is 2.89. The van der Waals surface area contributed by atoms with Gasteiger partial charge in [0.2, 0.25) is 0 Å². The average molecular weight is 271 g/mol. The summed E-state index contributed by atoms with van der Waals surface area (Å²) >= 11 is 0. The van der Waals surface area contributed by atoms with Crippen LogP contribution in [0.15, 0.2) is 36.4 Å². The fourth-order valence-electron chi connectivity index (χ4n) is 2.70. The fourth-order valence-corrected chi connectivity index (χ4v) is 2.70. The molecule has 0 amide bonds. The standard InChI is InChI=1S/C17H18FNO/c1-11-6-7-13(10-15(11)18)17(2,19)14-5-3-4-12-8-9-20-16(12)14/h3-7,10H,8-9,19H2,1-2H3. The van der Waals surface area contributed by atoms with Crippen molar-refractivity contribution in [3.05, 3.63) is 64.5 Å². The van der Waals surface area contributed by atoms with Crippen molar-refractivity contribution in [1.29, 1.82) is 0 Å². The number of para-hydroxylation sites is 1. The molecule has 0 aromatic heterocycles. The minimum Gasteiger partial charge on any atom is -0.493 e. The molecule has 3 rings (SSSR count). The van der Waals surface area contributed by atoms with Crippen molar-refractivity contribution in [3.63, 3.8) is 0 Å². The number of fused-ring (bicyclic) bond motifs is 1. The number of halogens is 1. The highest BCUT2D eigenvalue weighted by molar-refractivity contribution is 5.51. The highest BCUT2D eigenvalue weighted by atomic mass is 19.1. The Balaban J connectivity index is 2.12. The van der Waals surface area contributed by atoms with Crippen LogP contribution in [0.3, 0.4) is 0 Å². The lowest BCUT2D eigenvalue weighted by Gasteiger charge is -2.28. The number of aryl methyl sites for hydroxylation is 1. The Morgan fingerprint density at radius 1 is 1.25 bits per heavy atom. The molecule has 0 aliphatic carbocycles. The molecule has 0 bridgehead atoms. The second kappa shape index (κ2) is 4.60. The van der Waals surface area contributed by atoms with Gasteiger partial charge in [0.05, 0.1) is 12.1 Å². The van der Waals surface area contributed by atoms with Gasteiger partial charge in [0.1, 0.15) is 11.6 Å². The Bertz CT molecular complexity index is 664. The molecule has 3 heteroatoms.